The lowest BCUT2D eigenvalue weighted by atomic mass is 10.2. The van der Waals surface area contributed by atoms with Gasteiger partial charge in [0.1, 0.15) is 5.01 Å². The second kappa shape index (κ2) is 8.41. The van der Waals surface area contributed by atoms with E-state index in [0.29, 0.717) is 10.7 Å². The highest BCUT2D eigenvalue weighted by molar-refractivity contribution is 7.13. The van der Waals surface area contributed by atoms with Gasteiger partial charge >= 0.3 is 0 Å². The van der Waals surface area contributed by atoms with Crippen LogP contribution in [0.1, 0.15) is 5.69 Å². The van der Waals surface area contributed by atoms with Gasteiger partial charge in [0.05, 0.1) is 18.5 Å². The summed E-state index contributed by atoms with van der Waals surface area (Å²) in [5.74, 6) is -0.228. The number of halogens is 1. The van der Waals surface area contributed by atoms with E-state index in [0.717, 1.165) is 16.3 Å². The van der Waals surface area contributed by atoms with Crippen LogP contribution in [0.4, 0.5) is 5.69 Å². The van der Waals surface area contributed by atoms with Gasteiger partial charge in [-0.15, -0.1) is 11.3 Å². The largest absolute Gasteiger partial charge is 0.376 e. The van der Waals surface area contributed by atoms with Crippen LogP contribution in [-0.2, 0) is 4.79 Å². The van der Waals surface area contributed by atoms with Gasteiger partial charge in [-0.2, -0.15) is 5.10 Å². The molecular weight excluding hydrogens is 356 g/mol. The molecule has 5 nitrogen and oxygen atoms in total. The van der Waals surface area contributed by atoms with Gasteiger partial charge in [0, 0.05) is 21.7 Å². The molecule has 0 saturated heterocycles. The summed E-state index contributed by atoms with van der Waals surface area (Å²) in [4.78, 5) is 16.2. The zero-order valence-corrected chi connectivity index (χ0v) is 14.7. The summed E-state index contributed by atoms with van der Waals surface area (Å²) in [6.07, 6.45) is 1.52. The van der Waals surface area contributed by atoms with E-state index in [4.69, 9.17) is 11.6 Å². The summed E-state index contributed by atoms with van der Waals surface area (Å²) in [7, 11) is 0. The topological polar surface area (TPSA) is 66.4 Å². The lowest BCUT2D eigenvalue weighted by Crippen LogP contribution is -2.25. The molecular formula is C18H15ClN4OS. The minimum Gasteiger partial charge on any atom is -0.376 e. The number of nitrogens with zero attached hydrogens (tertiary/aromatic N) is 2. The SMILES string of the molecule is O=C(CNc1ccccc1)N/N=C\c1csc(-c2ccc(Cl)cc2)n1. The number of benzene rings is 2. The van der Waals surface area contributed by atoms with Crippen molar-refractivity contribution in [2.45, 2.75) is 0 Å². The minimum absolute atomic E-state index is 0.147. The highest BCUT2D eigenvalue weighted by Crippen LogP contribution is 2.24. The first kappa shape index (κ1) is 17.1. The van der Waals surface area contributed by atoms with Gasteiger partial charge in [0.25, 0.3) is 5.91 Å². The third-order valence-corrected chi connectivity index (χ3v) is 4.39. The summed E-state index contributed by atoms with van der Waals surface area (Å²) < 4.78 is 0. The van der Waals surface area contributed by atoms with Crippen molar-refractivity contribution >= 4 is 40.7 Å². The monoisotopic (exact) mass is 370 g/mol. The summed E-state index contributed by atoms with van der Waals surface area (Å²) in [6, 6.07) is 17.0. The molecule has 0 atom stereocenters. The Morgan fingerprint density at radius 1 is 1.16 bits per heavy atom. The third kappa shape index (κ3) is 5.14. The van der Waals surface area contributed by atoms with E-state index < -0.39 is 0 Å². The van der Waals surface area contributed by atoms with Crippen LogP contribution in [0, 0.1) is 0 Å². The second-order valence-electron chi connectivity index (χ2n) is 5.10. The molecule has 3 rings (SSSR count). The van der Waals surface area contributed by atoms with Crippen molar-refractivity contribution in [1.29, 1.82) is 0 Å². The number of hydrogen-bond acceptors (Lipinski definition) is 5. The molecule has 2 N–H and O–H groups in total. The van der Waals surface area contributed by atoms with Crippen molar-refractivity contribution < 1.29 is 4.79 Å². The Morgan fingerprint density at radius 2 is 1.92 bits per heavy atom. The van der Waals surface area contributed by atoms with Crippen LogP contribution in [0.2, 0.25) is 5.02 Å². The lowest BCUT2D eigenvalue weighted by molar-refractivity contribution is -0.119. The fourth-order valence-electron chi connectivity index (χ4n) is 2.02. The number of anilines is 1. The van der Waals surface area contributed by atoms with Gasteiger partial charge in [-0.25, -0.2) is 10.4 Å². The number of rotatable bonds is 6. The number of hydrazone groups is 1. The zero-order valence-electron chi connectivity index (χ0n) is 13.1. The molecule has 2 aromatic carbocycles. The van der Waals surface area contributed by atoms with Crippen molar-refractivity contribution in [1.82, 2.24) is 10.4 Å². The Kier molecular flexibility index (Phi) is 5.77. The molecule has 1 heterocycles. The number of nitrogens with one attached hydrogen (secondary N) is 2. The van der Waals surface area contributed by atoms with E-state index in [1.165, 1.54) is 17.6 Å². The van der Waals surface area contributed by atoms with Gasteiger partial charge in [-0.3, -0.25) is 4.79 Å². The van der Waals surface area contributed by atoms with Crippen molar-refractivity contribution in [3.05, 3.63) is 70.7 Å². The quantitative estimate of drug-likeness (QED) is 0.508. The first-order valence-corrected chi connectivity index (χ1v) is 8.79. The number of carbonyl (C=O) groups excluding carboxylic acids is 1. The number of carbonyl (C=O) groups is 1. The molecule has 0 radical (unpaired) electrons. The van der Waals surface area contributed by atoms with E-state index in [9.17, 15) is 4.79 Å². The molecule has 0 saturated carbocycles. The molecule has 1 amide bonds. The number of aromatic nitrogens is 1. The minimum atomic E-state index is -0.228. The third-order valence-electron chi connectivity index (χ3n) is 3.23. The van der Waals surface area contributed by atoms with Gasteiger partial charge in [-0.1, -0.05) is 41.9 Å². The van der Waals surface area contributed by atoms with E-state index >= 15 is 0 Å². The number of thiazole rings is 1. The van der Waals surface area contributed by atoms with Crippen molar-refractivity contribution in [2.75, 3.05) is 11.9 Å². The van der Waals surface area contributed by atoms with Crippen LogP contribution in [0.25, 0.3) is 10.6 Å². The summed E-state index contributed by atoms with van der Waals surface area (Å²) >= 11 is 7.39. The Morgan fingerprint density at radius 3 is 2.68 bits per heavy atom. The average molecular weight is 371 g/mol. The van der Waals surface area contributed by atoms with E-state index in [2.05, 4.69) is 20.8 Å². The molecule has 0 aliphatic carbocycles. The van der Waals surface area contributed by atoms with Gasteiger partial charge in [-0.05, 0) is 24.3 Å². The molecule has 3 aromatic rings. The molecule has 1 aromatic heterocycles. The predicted octanol–water partition coefficient (Wildman–Crippen LogP) is 4.03. The highest BCUT2D eigenvalue weighted by atomic mass is 35.5. The number of hydrogen-bond donors (Lipinski definition) is 2. The molecule has 25 heavy (non-hydrogen) atoms. The first-order valence-electron chi connectivity index (χ1n) is 7.53. The number of amides is 1. The molecule has 126 valence electrons. The van der Waals surface area contributed by atoms with Crippen LogP contribution in [0.15, 0.2) is 65.1 Å². The zero-order chi connectivity index (χ0) is 17.5. The molecule has 0 spiro atoms. The summed E-state index contributed by atoms with van der Waals surface area (Å²) in [6.45, 7) is 0.147. The smallest absolute Gasteiger partial charge is 0.259 e. The van der Waals surface area contributed by atoms with Crippen LogP contribution in [0.3, 0.4) is 0 Å². The molecule has 7 heteroatoms. The van der Waals surface area contributed by atoms with Crippen LogP contribution in [-0.4, -0.2) is 23.7 Å². The average Bonchev–Trinajstić information content (AvgIpc) is 3.10. The molecule has 0 unspecified atom stereocenters. The maximum Gasteiger partial charge on any atom is 0.259 e. The molecule has 0 bridgehead atoms. The lowest BCUT2D eigenvalue weighted by Gasteiger charge is -2.04. The highest BCUT2D eigenvalue weighted by Gasteiger charge is 2.04. The maximum absolute atomic E-state index is 11.7. The van der Waals surface area contributed by atoms with Crippen molar-refractivity contribution in [3.63, 3.8) is 0 Å². The first-order chi connectivity index (χ1) is 12.2. The summed E-state index contributed by atoms with van der Waals surface area (Å²) in [5, 5.41) is 10.4. The van der Waals surface area contributed by atoms with Crippen molar-refractivity contribution in [2.24, 2.45) is 5.10 Å². The fourth-order valence-corrected chi connectivity index (χ4v) is 2.92. The molecule has 0 aliphatic rings. The van der Waals surface area contributed by atoms with Crippen LogP contribution < -0.4 is 10.7 Å². The van der Waals surface area contributed by atoms with Crippen molar-refractivity contribution in [3.8, 4) is 10.6 Å². The normalized spacial score (nSPS) is 10.8. The second-order valence-corrected chi connectivity index (χ2v) is 6.39. The van der Waals surface area contributed by atoms with Crippen LogP contribution >= 0.6 is 22.9 Å². The van der Waals surface area contributed by atoms with Gasteiger partial charge in [0.2, 0.25) is 0 Å². The van der Waals surface area contributed by atoms with E-state index in [1.54, 1.807) is 0 Å². The summed E-state index contributed by atoms with van der Waals surface area (Å²) in [5.41, 5.74) is 5.03. The van der Waals surface area contributed by atoms with Crippen LogP contribution in [0.5, 0.6) is 0 Å². The standard InChI is InChI=1S/C18H15ClN4OS/c19-14-8-6-13(7-9-14)18-22-16(12-25-18)10-21-23-17(24)11-20-15-4-2-1-3-5-15/h1-10,12,20H,11H2,(H,23,24)/b21-10-. The number of para-hydroxylation sites is 1. The molecule has 0 fully saturated rings. The Bertz CT molecular complexity index is 862. The molecule has 0 aliphatic heterocycles. The van der Waals surface area contributed by atoms with E-state index in [-0.39, 0.29) is 12.5 Å². The Hall–Kier alpha value is -2.70. The Labute approximate surface area is 154 Å². The maximum atomic E-state index is 11.7. The predicted molar refractivity (Wildman–Crippen MR) is 103 cm³/mol. The van der Waals surface area contributed by atoms with E-state index in [1.807, 2.05) is 60.0 Å². The van der Waals surface area contributed by atoms with Gasteiger partial charge in [0.15, 0.2) is 0 Å². The van der Waals surface area contributed by atoms with Gasteiger partial charge < -0.3 is 5.32 Å². The Balaban J connectivity index is 1.50. The fraction of sp³-hybridized carbons (Fsp3) is 0.0556.